The highest BCUT2D eigenvalue weighted by Crippen LogP contribution is 2.41. The number of nitrogens with one attached hydrogen (secondary N) is 1. The summed E-state index contributed by atoms with van der Waals surface area (Å²) in [4.78, 5) is 6.79. The predicted molar refractivity (Wildman–Crippen MR) is 105 cm³/mol. The van der Waals surface area contributed by atoms with E-state index in [1.807, 2.05) is 18.2 Å². The summed E-state index contributed by atoms with van der Waals surface area (Å²) < 4.78 is 72.9. The van der Waals surface area contributed by atoms with Gasteiger partial charge in [-0.3, -0.25) is 0 Å². The molecule has 0 bridgehead atoms. The van der Waals surface area contributed by atoms with E-state index in [4.69, 9.17) is 5.73 Å². The summed E-state index contributed by atoms with van der Waals surface area (Å²) in [5.74, 6) is 4.91. The van der Waals surface area contributed by atoms with E-state index in [2.05, 4.69) is 26.6 Å². The van der Waals surface area contributed by atoms with E-state index in [0.29, 0.717) is 11.1 Å². The average Bonchev–Trinajstić information content (AvgIpc) is 3.21. The largest absolute Gasteiger partial charge is 0.452 e. The maximum absolute atomic E-state index is 14.6. The molecule has 0 amide bonds. The van der Waals surface area contributed by atoms with Crippen LogP contribution in [-0.2, 0) is 10.3 Å². The maximum atomic E-state index is 14.6. The van der Waals surface area contributed by atoms with E-state index >= 15 is 0 Å². The quantitative estimate of drug-likeness (QED) is 0.461. The Morgan fingerprint density at radius 3 is 2.74 bits per heavy atom. The van der Waals surface area contributed by atoms with Crippen LogP contribution in [0.1, 0.15) is 23.1 Å². The van der Waals surface area contributed by atoms with Gasteiger partial charge in [-0.2, -0.15) is 13.2 Å². The molecule has 31 heavy (non-hydrogen) atoms. The number of rotatable bonds is 2. The molecule has 2 atom stereocenters. The third-order valence-electron chi connectivity index (χ3n) is 5.10. The molecule has 3 aromatic rings. The molecule has 1 aromatic heterocycles. The molecule has 0 spiro atoms. The zero-order chi connectivity index (χ0) is 22.2. The van der Waals surface area contributed by atoms with Gasteiger partial charge in [-0.05, 0) is 36.4 Å². The Morgan fingerprint density at radius 1 is 1.19 bits per heavy atom. The summed E-state index contributed by atoms with van der Waals surface area (Å²) in [6.45, 7) is -1.39. The second kappa shape index (κ2) is 7.61. The number of amidine groups is 1. The minimum absolute atomic E-state index is 0.292. The van der Waals surface area contributed by atoms with Gasteiger partial charge in [-0.25, -0.2) is 13.8 Å². The molecular weight excluding hydrogens is 417 g/mol. The van der Waals surface area contributed by atoms with Crippen LogP contribution in [0.3, 0.4) is 0 Å². The van der Waals surface area contributed by atoms with Gasteiger partial charge in [0.2, 0.25) is 0 Å². The highest BCUT2D eigenvalue weighted by Gasteiger charge is 2.52. The van der Waals surface area contributed by atoms with Crippen LogP contribution in [0.2, 0.25) is 0 Å². The third-order valence-corrected chi connectivity index (χ3v) is 5.10. The normalized spacial score (nSPS) is 21.2. The Labute approximate surface area is 173 Å². The molecule has 2 unspecified atom stereocenters. The molecule has 0 aliphatic carbocycles. The van der Waals surface area contributed by atoms with Crippen molar-refractivity contribution in [2.24, 2.45) is 10.7 Å². The fourth-order valence-electron chi connectivity index (χ4n) is 3.58. The fourth-order valence-corrected chi connectivity index (χ4v) is 3.58. The van der Waals surface area contributed by atoms with Crippen molar-refractivity contribution >= 4 is 16.9 Å². The van der Waals surface area contributed by atoms with E-state index in [0.717, 1.165) is 17.0 Å². The molecule has 2 heterocycles. The van der Waals surface area contributed by atoms with Crippen molar-refractivity contribution in [2.45, 2.75) is 24.2 Å². The van der Waals surface area contributed by atoms with Gasteiger partial charge in [0.1, 0.15) is 18.0 Å². The minimum Gasteiger partial charge on any atom is -0.452 e. The third kappa shape index (κ3) is 3.93. The highest BCUT2D eigenvalue weighted by atomic mass is 19.4. The molecule has 1 aliphatic heterocycles. The van der Waals surface area contributed by atoms with Gasteiger partial charge in [-0.15, -0.1) is 0 Å². The lowest BCUT2D eigenvalue weighted by molar-refractivity contribution is -0.209. The lowest BCUT2D eigenvalue weighted by Crippen LogP contribution is -2.48. The van der Waals surface area contributed by atoms with E-state index in [-0.39, 0.29) is 5.56 Å². The van der Waals surface area contributed by atoms with Gasteiger partial charge in [0, 0.05) is 40.2 Å². The van der Waals surface area contributed by atoms with Gasteiger partial charge in [-0.1, -0.05) is 17.9 Å². The summed E-state index contributed by atoms with van der Waals surface area (Å²) in [6.07, 6.45) is -6.39. The van der Waals surface area contributed by atoms with Crippen LogP contribution in [0.5, 0.6) is 0 Å². The van der Waals surface area contributed by atoms with Crippen molar-refractivity contribution in [1.82, 2.24) is 4.98 Å². The van der Waals surface area contributed by atoms with E-state index in [1.165, 1.54) is 12.1 Å². The molecule has 3 N–H and O–H groups in total. The van der Waals surface area contributed by atoms with Crippen molar-refractivity contribution in [1.29, 1.82) is 0 Å². The summed E-state index contributed by atoms with van der Waals surface area (Å²) in [7, 11) is 0. The van der Waals surface area contributed by atoms with Crippen LogP contribution < -0.4 is 5.73 Å². The van der Waals surface area contributed by atoms with Gasteiger partial charge in [0.05, 0.1) is 0 Å². The smallest absolute Gasteiger partial charge is 0.425 e. The number of nitrogens with zero attached hydrogens (tertiary/aromatic N) is 1. The number of nitrogens with two attached hydrogens (primary N) is 1. The Kier molecular flexibility index (Phi) is 5.09. The first-order chi connectivity index (χ1) is 14.7. The Hall–Kier alpha value is -3.54. The van der Waals surface area contributed by atoms with Gasteiger partial charge < -0.3 is 15.5 Å². The zero-order valence-corrected chi connectivity index (χ0v) is 15.9. The minimum atomic E-state index is -4.82. The van der Waals surface area contributed by atoms with Gasteiger partial charge in [0.15, 0.2) is 6.10 Å². The Balaban J connectivity index is 1.76. The number of aromatic nitrogens is 1. The number of halogens is 5. The fraction of sp³-hybridized carbons (Fsp3) is 0.227. The average molecular weight is 433 g/mol. The van der Waals surface area contributed by atoms with E-state index < -0.39 is 42.8 Å². The molecule has 0 fully saturated rings. The van der Waals surface area contributed by atoms with Crippen molar-refractivity contribution in [2.75, 3.05) is 6.67 Å². The van der Waals surface area contributed by atoms with Crippen molar-refractivity contribution in [3.8, 4) is 11.8 Å². The van der Waals surface area contributed by atoms with Crippen molar-refractivity contribution in [3.63, 3.8) is 0 Å². The van der Waals surface area contributed by atoms with Crippen LogP contribution in [0.4, 0.5) is 22.0 Å². The first-order valence-corrected chi connectivity index (χ1v) is 9.25. The van der Waals surface area contributed by atoms with E-state index in [9.17, 15) is 22.0 Å². The number of fused-ring (bicyclic) bond motifs is 1. The summed E-state index contributed by atoms with van der Waals surface area (Å²) in [5, 5.41) is 0.882. The van der Waals surface area contributed by atoms with Crippen molar-refractivity contribution in [3.05, 3.63) is 71.2 Å². The molecule has 0 saturated heterocycles. The number of H-pyrrole nitrogens is 1. The number of hydrogen-bond donors (Lipinski definition) is 2. The molecular formula is C22H16F5N3O. The zero-order valence-electron chi connectivity index (χ0n) is 15.9. The molecule has 160 valence electrons. The molecule has 9 heteroatoms. The van der Waals surface area contributed by atoms with Crippen LogP contribution in [-0.4, -0.2) is 30.0 Å². The number of aromatic amines is 1. The summed E-state index contributed by atoms with van der Waals surface area (Å²) >= 11 is 0. The number of alkyl halides is 4. The molecule has 0 saturated carbocycles. The number of hydrogen-bond acceptors (Lipinski definition) is 3. The van der Waals surface area contributed by atoms with Crippen LogP contribution >= 0.6 is 0 Å². The summed E-state index contributed by atoms with van der Waals surface area (Å²) in [5.41, 5.74) is 4.74. The Morgan fingerprint density at radius 2 is 2.00 bits per heavy atom. The standard InChI is InChI=1S/C22H16F5N3O/c23-12-21(11-19(22(25,26)27)31-20(28)30-21)16-10-13(5-7-17(16)24)4-6-14-2-1-3-18-15(14)8-9-29-18/h1-3,5,7-10,19,29H,11-12H2,(H2,28,30). The first kappa shape index (κ1) is 20.7. The van der Waals surface area contributed by atoms with Crippen molar-refractivity contribution < 1.29 is 26.7 Å². The van der Waals surface area contributed by atoms with Gasteiger partial charge in [0.25, 0.3) is 6.02 Å². The van der Waals surface area contributed by atoms with Crippen LogP contribution in [0, 0.1) is 17.7 Å². The summed E-state index contributed by atoms with van der Waals surface area (Å²) in [6, 6.07) is 10.1. The lowest BCUT2D eigenvalue weighted by atomic mass is 9.84. The maximum Gasteiger partial charge on any atom is 0.425 e. The molecule has 4 nitrogen and oxygen atoms in total. The lowest BCUT2D eigenvalue weighted by Gasteiger charge is -2.36. The number of ether oxygens (including phenoxy) is 1. The highest BCUT2D eigenvalue weighted by molar-refractivity contribution is 5.85. The molecule has 4 rings (SSSR count). The van der Waals surface area contributed by atoms with Crippen LogP contribution in [0.15, 0.2) is 53.7 Å². The van der Waals surface area contributed by atoms with Crippen LogP contribution in [0.25, 0.3) is 10.9 Å². The second-order valence-corrected chi connectivity index (χ2v) is 7.16. The second-order valence-electron chi connectivity index (χ2n) is 7.16. The monoisotopic (exact) mass is 433 g/mol. The topological polar surface area (TPSA) is 63.4 Å². The molecule has 0 radical (unpaired) electrons. The molecule has 1 aliphatic rings. The first-order valence-electron chi connectivity index (χ1n) is 9.25. The number of aliphatic imine (C=N–C) groups is 1. The van der Waals surface area contributed by atoms with Gasteiger partial charge >= 0.3 is 6.18 Å². The molecule has 2 aromatic carbocycles. The number of benzene rings is 2. The SMILES string of the molecule is NC1=NC(CF)(c2cc(C#Cc3cccc4[nH]ccc34)ccc2F)CC(C(F)(F)F)O1. The van der Waals surface area contributed by atoms with E-state index in [1.54, 1.807) is 12.3 Å². The predicted octanol–water partition coefficient (Wildman–Crippen LogP) is 4.54. The Bertz CT molecular complexity index is 1220.